The van der Waals surface area contributed by atoms with Gasteiger partial charge in [0.2, 0.25) is 0 Å². The molecule has 0 saturated heterocycles. The van der Waals surface area contributed by atoms with Crippen molar-refractivity contribution in [1.29, 1.82) is 0 Å². The van der Waals surface area contributed by atoms with Crippen LogP contribution in [0.5, 0.6) is 0 Å². The molecular formula is C13H21N3O. The molecular weight excluding hydrogens is 214 g/mol. The number of nitrogens with zero attached hydrogens (tertiary/aromatic N) is 2. The van der Waals surface area contributed by atoms with Crippen molar-refractivity contribution in [2.24, 2.45) is 10.9 Å². The van der Waals surface area contributed by atoms with E-state index in [1.807, 2.05) is 19.1 Å². The van der Waals surface area contributed by atoms with Crippen LogP contribution in [0.15, 0.2) is 29.4 Å². The first-order valence-electron chi connectivity index (χ1n) is 5.94. The number of aryl methyl sites for hydroxylation is 1. The number of amidine groups is 1. The lowest BCUT2D eigenvalue weighted by Gasteiger charge is -2.31. The number of rotatable bonds is 5. The molecule has 1 atom stereocenters. The van der Waals surface area contributed by atoms with Crippen LogP contribution in [0.3, 0.4) is 0 Å². The molecule has 0 aliphatic carbocycles. The highest BCUT2D eigenvalue weighted by Crippen LogP contribution is 2.19. The van der Waals surface area contributed by atoms with Gasteiger partial charge in [-0.2, -0.15) is 0 Å². The van der Waals surface area contributed by atoms with E-state index in [9.17, 15) is 0 Å². The SMILES string of the molecule is CCC(C(N)=NO)N(CC)c1cccc(C)c1. The lowest BCUT2D eigenvalue weighted by molar-refractivity contribution is 0.315. The Morgan fingerprint density at radius 3 is 2.65 bits per heavy atom. The first-order chi connectivity index (χ1) is 8.13. The zero-order valence-corrected chi connectivity index (χ0v) is 10.7. The third kappa shape index (κ3) is 3.12. The van der Waals surface area contributed by atoms with Crippen LogP contribution >= 0.6 is 0 Å². The normalized spacial score (nSPS) is 13.5. The van der Waals surface area contributed by atoms with Gasteiger partial charge in [0.15, 0.2) is 5.84 Å². The van der Waals surface area contributed by atoms with Gasteiger partial charge in [-0.05, 0) is 38.0 Å². The molecule has 1 unspecified atom stereocenters. The van der Waals surface area contributed by atoms with E-state index in [2.05, 4.69) is 36.0 Å². The Kier molecular flexibility index (Phi) is 4.82. The number of oxime groups is 1. The van der Waals surface area contributed by atoms with Gasteiger partial charge in [0.1, 0.15) is 0 Å². The Morgan fingerprint density at radius 1 is 1.47 bits per heavy atom. The van der Waals surface area contributed by atoms with Crippen LogP contribution in [0.1, 0.15) is 25.8 Å². The molecule has 0 aromatic heterocycles. The van der Waals surface area contributed by atoms with E-state index in [-0.39, 0.29) is 11.9 Å². The van der Waals surface area contributed by atoms with Gasteiger partial charge in [-0.15, -0.1) is 0 Å². The monoisotopic (exact) mass is 235 g/mol. The van der Waals surface area contributed by atoms with Crippen molar-refractivity contribution in [3.05, 3.63) is 29.8 Å². The molecule has 1 aromatic carbocycles. The summed E-state index contributed by atoms with van der Waals surface area (Å²) in [4.78, 5) is 2.14. The maximum Gasteiger partial charge on any atom is 0.161 e. The van der Waals surface area contributed by atoms with E-state index in [0.29, 0.717) is 0 Å². The first kappa shape index (κ1) is 13.4. The largest absolute Gasteiger partial charge is 0.409 e. The highest BCUT2D eigenvalue weighted by atomic mass is 16.4. The molecule has 3 N–H and O–H groups in total. The molecule has 0 bridgehead atoms. The van der Waals surface area contributed by atoms with E-state index in [1.54, 1.807) is 0 Å². The van der Waals surface area contributed by atoms with Crippen LogP contribution in [0.2, 0.25) is 0 Å². The molecule has 0 saturated carbocycles. The molecule has 0 aliphatic heterocycles. The standard InChI is InChI=1S/C13H21N3O/c1-4-12(13(14)15-17)16(5-2)11-8-6-7-10(3)9-11/h6-9,12,17H,4-5H2,1-3H3,(H2,14,15). The summed E-state index contributed by atoms with van der Waals surface area (Å²) in [6.45, 7) is 6.97. The Bertz CT molecular complexity index is 390. The number of anilines is 1. The summed E-state index contributed by atoms with van der Waals surface area (Å²) in [7, 11) is 0. The molecule has 94 valence electrons. The van der Waals surface area contributed by atoms with Crippen LogP contribution in [-0.4, -0.2) is 23.6 Å². The maximum atomic E-state index is 8.82. The quantitative estimate of drug-likeness (QED) is 0.356. The summed E-state index contributed by atoms with van der Waals surface area (Å²) in [6.07, 6.45) is 0.803. The van der Waals surface area contributed by atoms with Gasteiger partial charge < -0.3 is 15.8 Å². The third-order valence-electron chi connectivity index (χ3n) is 2.89. The second-order valence-electron chi connectivity index (χ2n) is 4.07. The maximum absolute atomic E-state index is 8.82. The van der Waals surface area contributed by atoms with Crippen LogP contribution < -0.4 is 10.6 Å². The van der Waals surface area contributed by atoms with Crippen molar-refractivity contribution in [2.45, 2.75) is 33.2 Å². The predicted octanol–water partition coefficient (Wildman–Crippen LogP) is 2.35. The van der Waals surface area contributed by atoms with Crippen molar-refractivity contribution in [3.63, 3.8) is 0 Å². The van der Waals surface area contributed by atoms with Crippen molar-refractivity contribution < 1.29 is 5.21 Å². The van der Waals surface area contributed by atoms with Gasteiger partial charge in [0.25, 0.3) is 0 Å². The predicted molar refractivity (Wildman–Crippen MR) is 71.7 cm³/mol. The van der Waals surface area contributed by atoms with Gasteiger partial charge in [0, 0.05) is 12.2 Å². The second kappa shape index (κ2) is 6.13. The zero-order valence-electron chi connectivity index (χ0n) is 10.7. The van der Waals surface area contributed by atoms with Crippen molar-refractivity contribution in [3.8, 4) is 0 Å². The Hall–Kier alpha value is -1.71. The minimum Gasteiger partial charge on any atom is -0.409 e. The number of nitrogens with two attached hydrogens (primary N) is 1. The van der Waals surface area contributed by atoms with Crippen molar-refractivity contribution in [1.82, 2.24) is 0 Å². The molecule has 1 rings (SSSR count). The molecule has 0 amide bonds. The summed E-state index contributed by atoms with van der Waals surface area (Å²) in [5, 5.41) is 11.9. The zero-order chi connectivity index (χ0) is 12.8. The second-order valence-corrected chi connectivity index (χ2v) is 4.07. The fourth-order valence-electron chi connectivity index (χ4n) is 2.05. The summed E-state index contributed by atoms with van der Waals surface area (Å²) < 4.78 is 0. The molecule has 0 aliphatic rings. The van der Waals surface area contributed by atoms with Gasteiger partial charge in [-0.3, -0.25) is 0 Å². The van der Waals surface area contributed by atoms with Gasteiger partial charge in [-0.25, -0.2) is 0 Å². The van der Waals surface area contributed by atoms with Crippen molar-refractivity contribution in [2.75, 3.05) is 11.4 Å². The molecule has 4 heteroatoms. The fraction of sp³-hybridized carbons (Fsp3) is 0.462. The number of likely N-dealkylation sites (N-methyl/N-ethyl adjacent to an activating group) is 1. The number of hydrogen-bond donors (Lipinski definition) is 2. The number of hydrogen-bond acceptors (Lipinski definition) is 3. The van der Waals surface area contributed by atoms with Crippen LogP contribution in [-0.2, 0) is 0 Å². The van der Waals surface area contributed by atoms with E-state index in [4.69, 9.17) is 10.9 Å². The Morgan fingerprint density at radius 2 is 2.18 bits per heavy atom. The highest BCUT2D eigenvalue weighted by molar-refractivity contribution is 5.88. The third-order valence-corrected chi connectivity index (χ3v) is 2.89. The minimum atomic E-state index is -0.0631. The van der Waals surface area contributed by atoms with Gasteiger partial charge >= 0.3 is 0 Å². The number of benzene rings is 1. The first-order valence-corrected chi connectivity index (χ1v) is 5.94. The Labute approximate surface area is 103 Å². The summed E-state index contributed by atoms with van der Waals surface area (Å²) in [5.41, 5.74) is 8.04. The molecule has 1 aromatic rings. The van der Waals surface area contributed by atoms with E-state index >= 15 is 0 Å². The molecule has 17 heavy (non-hydrogen) atoms. The van der Waals surface area contributed by atoms with Crippen LogP contribution in [0.4, 0.5) is 5.69 Å². The topological polar surface area (TPSA) is 61.9 Å². The Balaban J connectivity index is 3.05. The van der Waals surface area contributed by atoms with Crippen LogP contribution in [0.25, 0.3) is 0 Å². The smallest absolute Gasteiger partial charge is 0.161 e. The summed E-state index contributed by atoms with van der Waals surface area (Å²) >= 11 is 0. The molecule has 4 nitrogen and oxygen atoms in total. The van der Waals surface area contributed by atoms with Gasteiger partial charge in [-0.1, -0.05) is 24.2 Å². The molecule has 0 fully saturated rings. The molecule has 0 spiro atoms. The highest BCUT2D eigenvalue weighted by Gasteiger charge is 2.19. The fourth-order valence-corrected chi connectivity index (χ4v) is 2.05. The van der Waals surface area contributed by atoms with Gasteiger partial charge in [0.05, 0.1) is 6.04 Å². The van der Waals surface area contributed by atoms with E-state index < -0.39 is 0 Å². The molecule has 0 radical (unpaired) electrons. The lowest BCUT2D eigenvalue weighted by atomic mass is 10.1. The van der Waals surface area contributed by atoms with E-state index in [0.717, 1.165) is 18.7 Å². The van der Waals surface area contributed by atoms with Crippen LogP contribution in [0, 0.1) is 6.92 Å². The minimum absolute atomic E-state index is 0.0631. The van der Waals surface area contributed by atoms with E-state index in [1.165, 1.54) is 5.56 Å². The lowest BCUT2D eigenvalue weighted by Crippen LogP contribution is -2.44. The summed E-state index contributed by atoms with van der Waals surface area (Å²) in [6, 6.07) is 8.17. The van der Waals surface area contributed by atoms with Crippen molar-refractivity contribution >= 4 is 11.5 Å². The average Bonchev–Trinajstić information content (AvgIpc) is 2.34. The summed E-state index contributed by atoms with van der Waals surface area (Å²) in [5.74, 6) is 0.260. The molecule has 0 heterocycles. The average molecular weight is 235 g/mol.